The van der Waals surface area contributed by atoms with Crippen LogP contribution in [0.25, 0.3) is 10.8 Å². The van der Waals surface area contributed by atoms with Gasteiger partial charge in [0.15, 0.2) is 0 Å². The van der Waals surface area contributed by atoms with Crippen molar-refractivity contribution in [2.75, 3.05) is 20.7 Å². The maximum absolute atomic E-state index is 12.2. The highest BCUT2D eigenvalue weighted by atomic mass is 16.6. The molecule has 0 saturated carbocycles. The molecule has 2 amide bonds. The molecule has 0 aliphatic heterocycles. The fourth-order valence-corrected chi connectivity index (χ4v) is 3.26. The van der Waals surface area contributed by atoms with Crippen LogP contribution in [0, 0.1) is 0 Å². The molecule has 7 nitrogen and oxygen atoms in total. The Morgan fingerprint density at radius 1 is 0.967 bits per heavy atom. The Hall–Kier alpha value is -3.26. The van der Waals surface area contributed by atoms with Crippen molar-refractivity contribution in [3.8, 4) is 0 Å². The lowest BCUT2D eigenvalue weighted by molar-refractivity contribution is 0.0324. The third-order valence-corrected chi connectivity index (χ3v) is 4.66. The molecule has 0 bridgehead atoms. The number of benzene rings is 3. The summed E-state index contributed by atoms with van der Waals surface area (Å²) in [5, 5.41) is 11.0. The Kier molecular flexibility index (Phi) is 7.13. The average Bonchev–Trinajstić information content (AvgIpc) is 2.75. The zero-order valence-electron chi connectivity index (χ0n) is 17.0. The predicted molar refractivity (Wildman–Crippen MR) is 114 cm³/mol. The molecular formula is C23H25N3O4. The van der Waals surface area contributed by atoms with Gasteiger partial charge in [-0.15, -0.1) is 0 Å². The molecule has 0 aliphatic rings. The third kappa shape index (κ3) is 5.42. The van der Waals surface area contributed by atoms with E-state index in [1.807, 2.05) is 26.2 Å². The first-order valence-corrected chi connectivity index (χ1v) is 9.60. The van der Waals surface area contributed by atoms with E-state index in [0.29, 0.717) is 18.6 Å². The Bertz CT molecular complexity index is 1030. The van der Waals surface area contributed by atoms with Crippen LogP contribution in [0.4, 0.5) is 0 Å². The first-order valence-electron chi connectivity index (χ1n) is 9.60. The van der Waals surface area contributed by atoms with Crippen molar-refractivity contribution >= 4 is 22.6 Å². The molecule has 0 unspecified atom stereocenters. The molecule has 0 aromatic heterocycles. The van der Waals surface area contributed by atoms with Gasteiger partial charge in [-0.1, -0.05) is 36.4 Å². The van der Waals surface area contributed by atoms with E-state index < -0.39 is 11.8 Å². The number of nitrogens with one attached hydrogen (secondary N) is 2. The van der Waals surface area contributed by atoms with Crippen molar-refractivity contribution in [3.63, 3.8) is 0 Å². The molecule has 0 radical (unpaired) electrons. The summed E-state index contributed by atoms with van der Waals surface area (Å²) in [7, 11) is 4.09. The number of hydroxylamine groups is 2. The van der Waals surface area contributed by atoms with Gasteiger partial charge in [-0.25, -0.2) is 11.0 Å². The molecule has 3 aromatic carbocycles. The topological polar surface area (TPSA) is 90.9 Å². The summed E-state index contributed by atoms with van der Waals surface area (Å²) in [6, 6.07) is 18.5. The van der Waals surface area contributed by atoms with E-state index >= 15 is 0 Å². The summed E-state index contributed by atoms with van der Waals surface area (Å²) >= 11 is 0. The second-order valence-corrected chi connectivity index (χ2v) is 7.26. The Morgan fingerprint density at radius 2 is 1.63 bits per heavy atom. The molecule has 30 heavy (non-hydrogen) atoms. The van der Waals surface area contributed by atoms with Gasteiger partial charge in [0.1, 0.15) is 0 Å². The molecule has 0 spiro atoms. The average molecular weight is 407 g/mol. The molecule has 0 saturated heterocycles. The highest BCUT2D eigenvalue weighted by Crippen LogP contribution is 2.22. The summed E-state index contributed by atoms with van der Waals surface area (Å²) in [6.45, 7) is 1.17. The van der Waals surface area contributed by atoms with Crippen LogP contribution in [0.1, 0.15) is 31.8 Å². The van der Waals surface area contributed by atoms with Crippen LogP contribution in [-0.4, -0.2) is 42.6 Å². The number of hydrogen-bond acceptors (Lipinski definition) is 5. The predicted octanol–water partition coefficient (Wildman–Crippen LogP) is 2.92. The van der Waals surface area contributed by atoms with E-state index in [1.165, 1.54) is 40.6 Å². The van der Waals surface area contributed by atoms with E-state index in [4.69, 9.17) is 10.0 Å². The van der Waals surface area contributed by atoms with Gasteiger partial charge in [-0.3, -0.25) is 19.6 Å². The molecular weight excluding hydrogens is 382 g/mol. The minimum atomic E-state index is -0.637. The van der Waals surface area contributed by atoms with Crippen LogP contribution in [0.2, 0.25) is 0 Å². The highest BCUT2D eigenvalue weighted by Gasteiger charge is 2.09. The number of nitrogens with zero attached hydrogens (tertiary/aromatic N) is 1. The summed E-state index contributed by atoms with van der Waals surface area (Å²) in [5.41, 5.74) is 6.96. The Labute approximate surface area is 175 Å². The molecule has 3 N–H and O–H groups in total. The molecule has 156 valence electrons. The van der Waals surface area contributed by atoms with E-state index in [0.717, 1.165) is 12.1 Å². The van der Waals surface area contributed by atoms with Crippen molar-refractivity contribution in [2.45, 2.75) is 13.0 Å². The van der Waals surface area contributed by atoms with Crippen molar-refractivity contribution in [1.29, 1.82) is 0 Å². The zero-order valence-corrected chi connectivity index (χ0v) is 17.0. The summed E-state index contributed by atoms with van der Waals surface area (Å²) < 4.78 is 0. The molecule has 0 aliphatic carbocycles. The van der Waals surface area contributed by atoms with Gasteiger partial charge < -0.3 is 4.90 Å². The minimum absolute atomic E-state index is 0.250. The van der Waals surface area contributed by atoms with Gasteiger partial charge in [0.25, 0.3) is 11.8 Å². The molecule has 3 aromatic rings. The van der Waals surface area contributed by atoms with Crippen LogP contribution in [0.5, 0.6) is 0 Å². The second kappa shape index (κ2) is 9.98. The quantitative estimate of drug-likeness (QED) is 0.303. The lowest BCUT2D eigenvalue weighted by Crippen LogP contribution is -2.25. The fraction of sp³-hybridized carbons (Fsp3) is 0.217. The molecule has 0 fully saturated rings. The van der Waals surface area contributed by atoms with Gasteiger partial charge in [0.2, 0.25) is 0 Å². The standard InChI is InChI=1S/C23H25N3O4/c1-26(2)15-20-14-16(13-19-5-3-4-6-21(19)20)11-12-30-25-23(28)18-9-7-17(8-10-18)22(27)24-29/h3-10,13-14,29H,11-12,15H2,1-2H3,(H,24,27)(H,25,28). The second-order valence-electron chi connectivity index (χ2n) is 7.26. The van der Waals surface area contributed by atoms with E-state index in [2.05, 4.69) is 34.6 Å². The van der Waals surface area contributed by atoms with Crippen LogP contribution in [0.15, 0.2) is 60.7 Å². The van der Waals surface area contributed by atoms with Gasteiger partial charge in [0.05, 0.1) is 6.61 Å². The SMILES string of the molecule is CN(C)Cc1cc(CCONC(=O)c2ccc(C(=O)NO)cc2)cc2ccccc12. The smallest absolute Gasteiger partial charge is 0.274 e. The van der Waals surface area contributed by atoms with E-state index in [-0.39, 0.29) is 5.56 Å². The number of amides is 2. The van der Waals surface area contributed by atoms with Crippen molar-refractivity contribution < 1.29 is 19.6 Å². The molecule has 0 heterocycles. The molecule has 3 rings (SSSR count). The maximum Gasteiger partial charge on any atom is 0.274 e. The Balaban J connectivity index is 1.58. The van der Waals surface area contributed by atoms with Gasteiger partial charge in [-0.05, 0) is 66.7 Å². The minimum Gasteiger partial charge on any atom is -0.305 e. The number of fused-ring (bicyclic) bond motifs is 1. The van der Waals surface area contributed by atoms with Gasteiger partial charge >= 0.3 is 0 Å². The third-order valence-electron chi connectivity index (χ3n) is 4.66. The van der Waals surface area contributed by atoms with Crippen LogP contribution in [-0.2, 0) is 17.8 Å². The highest BCUT2D eigenvalue weighted by molar-refractivity contribution is 5.97. The lowest BCUT2D eigenvalue weighted by Gasteiger charge is -2.14. The number of rotatable bonds is 8. The molecule has 7 heteroatoms. The largest absolute Gasteiger partial charge is 0.305 e. The van der Waals surface area contributed by atoms with Crippen molar-refractivity contribution in [1.82, 2.24) is 15.9 Å². The summed E-state index contributed by atoms with van der Waals surface area (Å²) in [5.74, 6) is -1.04. The molecule has 0 atom stereocenters. The maximum atomic E-state index is 12.2. The van der Waals surface area contributed by atoms with Crippen LogP contribution in [0.3, 0.4) is 0 Å². The van der Waals surface area contributed by atoms with Gasteiger partial charge in [-0.2, -0.15) is 0 Å². The van der Waals surface area contributed by atoms with Crippen molar-refractivity contribution in [3.05, 3.63) is 82.9 Å². The van der Waals surface area contributed by atoms with E-state index in [1.54, 1.807) is 5.48 Å². The van der Waals surface area contributed by atoms with Crippen molar-refractivity contribution in [2.24, 2.45) is 0 Å². The summed E-state index contributed by atoms with van der Waals surface area (Å²) in [6.07, 6.45) is 0.654. The lowest BCUT2D eigenvalue weighted by atomic mass is 9.99. The number of carbonyl (C=O) groups is 2. The zero-order chi connectivity index (χ0) is 21.5. The number of hydrogen-bond donors (Lipinski definition) is 3. The first kappa shape index (κ1) is 21.4. The summed E-state index contributed by atoms with van der Waals surface area (Å²) in [4.78, 5) is 31.0. The van der Waals surface area contributed by atoms with Crippen LogP contribution >= 0.6 is 0 Å². The first-order chi connectivity index (χ1) is 14.5. The van der Waals surface area contributed by atoms with Gasteiger partial charge in [0, 0.05) is 17.7 Å². The fourth-order valence-electron chi connectivity index (χ4n) is 3.26. The normalized spacial score (nSPS) is 10.9. The van der Waals surface area contributed by atoms with E-state index in [9.17, 15) is 9.59 Å². The monoisotopic (exact) mass is 407 g/mol. The Morgan fingerprint density at radius 3 is 2.30 bits per heavy atom. The van der Waals surface area contributed by atoms with Crippen LogP contribution < -0.4 is 11.0 Å². The number of carbonyl (C=O) groups excluding carboxylic acids is 2.